The smallest absolute Gasteiger partial charge is 0.138 e. The standard InChI is InChI=1S/C4H3N3S/c1-3-2-6-8-4(3)7-5-1/h1-2H,(H,5,7). The molecular weight excluding hydrogens is 122 g/mol. The maximum atomic E-state index is 3.93. The molecule has 0 aliphatic carbocycles. The SMILES string of the molecule is c1n[nH]c2sncc12. The van der Waals surface area contributed by atoms with Crippen LogP contribution in [0.1, 0.15) is 0 Å². The summed E-state index contributed by atoms with van der Waals surface area (Å²) >= 11 is 1.43. The molecule has 0 aromatic carbocycles. The Bertz CT molecular complexity index is 233. The summed E-state index contributed by atoms with van der Waals surface area (Å²) in [5.74, 6) is 0. The van der Waals surface area contributed by atoms with Gasteiger partial charge in [-0.25, -0.2) is 0 Å². The summed E-state index contributed by atoms with van der Waals surface area (Å²) in [6.45, 7) is 0. The van der Waals surface area contributed by atoms with E-state index < -0.39 is 0 Å². The Kier molecular flexibility index (Phi) is 0.648. The van der Waals surface area contributed by atoms with Crippen LogP contribution >= 0.6 is 11.5 Å². The third-order valence-electron chi connectivity index (χ3n) is 0.968. The van der Waals surface area contributed by atoms with Crippen molar-refractivity contribution in [3.63, 3.8) is 0 Å². The Morgan fingerprint density at radius 2 is 2.50 bits per heavy atom. The van der Waals surface area contributed by atoms with E-state index >= 15 is 0 Å². The Labute approximate surface area is 49.5 Å². The van der Waals surface area contributed by atoms with Crippen LogP contribution in [0.2, 0.25) is 0 Å². The van der Waals surface area contributed by atoms with Gasteiger partial charge in [0.25, 0.3) is 0 Å². The molecule has 0 aliphatic heterocycles. The van der Waals surface area contributed by atoms with Crippen LogP contribution in [0, 0.1) is 0 Å². The van der Waals surface area contributed by atoms with E-state index in [1.807, 2.05) is 0 Å². The molecule has 2 aromatic rings. The second-order valence-corrected chi connectivity index (χ2v) is 2.28. The van der Waals surface area contributed by atoms with Gasteiger partial charge in [-0.05, 0) is 11.5 Å². The average molecular weight is 125 g/mol. The second-order valence-electron chi connectivity index (χ2n) is 1.48. The highest BCUT2D eigenvalue weighted by Crippen LogP contribution is 2.11. The zero-order valence-corrected chi connectivity index (χ0v) is 4.77. The van der Waals surface area contributed by atoms with Crippen LogP contribution in [0.5, 0.6) is 0 Å². The fraction of sp³-hybridized carbons (Fsp3) is 0. The van der Waals surface area contributed by atoms with Gasteiger partial charge in [0.2, 0.25) is 0 Å². The topological polar surface area (TPSA) is 41.6 Å². The van der Waals surface area contributed by atoms with Gasteiger partial charge in [0, 0.05) is 0 Å². The van der Waals surface area contributed by atoms with Gasteiger partial charge in [0.05, 0.1) is 17.8 Å². The van der Waals surface area contributed by atoms with Crippen molar-refractivity contribution < 1.29 is 0 Å². The lowest BCUT2D eigenvalue weighted by Gasteiger charge is -1.61. The first kappa shape index (κ1) is 4.03. The summed E-state index contributed by atoms with van der Waals surface area (Å²) in [7, 11) is 0. The number of fused-ring (bicyclic) bond motifs is 1. The van der Waals surface area contributed by atoms with E-state index in [0.29, 0.717) is 0 Å². The number of H-pyrrole nitrogens is 1. The van der Waals surface area contributed by atoms with Gasteiger partial charge in [0.15, 0.2) is 0 Å². The maximum absolute atomic E-state index is 3.93. The predicted molar refractivity (Wildman–Crippen MR) is 31.8 cm³/mol. The molecule has 0 bridgehead atoms. The van der Waals surface area contributed by atoms with Gasteiger partial charge in [0.1, 0.15) is 4.83 Å². The second kappa shape index (κ2) is 1.29. The lowest BCUT2D eigenvalue weighted by molar-refractivity contribution is 1.12. The number of hydrogen-bond acceptors (Lipinski definition) is 3. The van der Waals surface area contributed by atoms with Gasteiger partial charge < -0.3 is 0 Å². The molecule has 1 N–H and O–H groups in total. The van der Waals surface area contributed by atoms with Crippen LogP contribution in [0.3, 0.4) is 0 Å². The Hall–Kier alpha value is -0.900. The lowest BCUT2D eigenvalue weighted by atomic mass is 10.5. The first-order valence-corrected chi connectivity index (χ1v) is 2.98. The molecular formula is C4H3N3S. The summed E-state index contributed by atoms with van der Waals surface area (Å²) in [6.07, 6.45) is 3.56. The molecule has 3 nitrogen and oxygen atoms in total. The van der Waals surface area contributed by atoms with Gasteiger partial charge in [-0.15, -0.1) is 0 Å². The zero-order valence-electron chi connectivity index (χ0n) is 3.96. The molecule has 0 saturated heterocycles. The van der Waals surface area contributed by atoms with Gasteiger partial charge >= 0.3 is 0 Å². The minimum absolute atomic E-state index is 1.05. The van der Waals surface area contributed by atoms with E-state index in [9.17, 15) is 0 Å². The summed E-state index contributed by atoms with van der Waals surface area (Å²) in [4.78, 5) is 1.05. The third-order valence-corrected chi connectivity index (χ3v) is 1.69. The van der Waals surface area contributed by atoms with Crippen molar-refractivity contribution in [3.8, 4) is 0 Å². The molecule has 0 atom stereocenters. The number of hydrogen-bond donors (Lipinski definition) is 1. The Balaban J connectivity index is 3.06. The molecule has 4 heteroatoms. The first-order chi connectivity index (χ1) is 3.97. The number of nitrogens with zero attached hydrogens (tertiary/aromatic N) is 2. The quantitative estimate of drug-likeness (QED) is 0.571. The van der Waals surface area contributed by atoms with E-state index in [4.69, 9.17) is 0 Å². The first-order valence-electron chi connectivity index (χ1n) is 2.20. The fourth-order valence-corrected chi connectivity index (χ4v) is 1.16. The number of aromatic amines is 1. The lowest BCUT2D eigenvalue weighted by Crippen LogP contribution is -1.57. The highest BCUT2D eigenvalue weighted by atomic mass is 32.1. The number of rotatable bonds is 0. The fourth-order valence-electron chi connectivity index (χ4n) is 0.585. The van der Waals surface area contributed by atoms with E-state index in [0.717, 1.165) is 10.2 Å². The highest BCUT2D eigenvalue weighted by molar-refractivity contribution is 7.12. The summed E-state index contributed by atoms with van der Waals surface area (Å²) in [5, 5.41) is 7.70. The number of aromatic nitrogens is 3. The zero-order chi connectivity index (χ0) is 5.40. The van der Waals surface area contributed by atoms with E-state index in [1.54, 1.807) is 12.4 Å². The van der Waals surface area contributed by atoms with Crippen LogP contribution in [-0.2, 0) is 0 Å². The Morgan fingerprint density at radius 1 is 1.50 bits per heavy atom. The van der Waals surface area contributed by atoms with E-state index in [2.05, 4.69) is 14.6 Å². The van der Waals surface area contributed by atoms with Gasteiger partial charge in [-0.1, -0.05) is 0 Å². The van der Waals surface area contributed by atoms with Crippen LogP contribution in [0.4, 0.5) is 0 Å². The predicted octanol–water partition coefficient (Wildman–Crippen LogP) is 1.02. The van der Waals surface area contributed by atoms with Crippen molar-refractivity contribution in [1.82, 2.24) is 14.6 Å². The Morgan fingerprint density at radius 3 is 3.38 bits per heavy atom. The normalized spacial score (nSPS) is 10.5. The molecule has 2 aromatic heterocycles. The van der Waals surface area contributed by atoms with E-state index in [1.165, 1.54) is 11.5 Å². The van der Waals surface area contributed by atoms with Gasteiger partial charge in [-0.3, -0.25) is 5.10 Å². The minimum Gasteiger partial charge on any atom is -0.267 e. The molecule has 0 spiro atoms. The summed E-state index contributed by atoms with van der Waals surface area (Å²) in [6, 6.07) is 0. The van der Waals surface area contributed by atoms with Crippen LogP contribution < -0.4 is 0 Å². The van der Waals surface area contributed by atoms with Crippen LogP contribution in [-0.4, -0.2) is 14.6 Å². The molecule has 0 aliphatic rings. The van der Waals surface area contributed by atoms with Crippen molar-refractivity contribution in [2.45, 2.75) is 0 Å². The molecule has 0 amide bonds. The van der Waals surface area contributed by atoms with Crippen molar-refractivity contribution in [3.05, 3.63) is 12.4 Å². The van der Waals surface area contributed by atoms with Crippen molar-refractivity contribution in [2.24, 2.45) is 0 Å². The maximum Gasteiger partial charge on any atom is 0.138 e. The summed E-state index contributed by atoms with van der Waals surface area (Å²) < 4.78 is 3.93. The molecule has 40 valence electrons. The number of nitrogens with one attached hydrogen (secondary N) is 1. The van der Waals surface area contributed by atoms with Crippen LogP contribution in [0.25, 0.3) is 10.2 Å². The molecule has 0 unspecified atom stereocenters. The molecule has 0 fully saturated rings. The van der Waals surface area contributed by atoms with E-state index in [-0.39, 0.29) is 0 Å². The molecule has 2 heterocycles. The van der Waals surface area contributed by atoms with Crippen molar-refractivity contribution in [1.29, 1.82) is 0 Å². The van der Waals surface area contributed by atoms with Crippen molar-refractivity contribution >= 4 is 21.7 Å². The largest absolute Gasteiger partial charge is 0.267 e. The molecule has 8 heavy (non-hydrogen) atoms. The molecule has 2 rings (SSSR count). The molecule has 0 saturated carbocycles. The third kappa shape index (κ3) is 0.376. The minimum atomic E-state index is 1.05. The average Bonchev–Trinajstić information content (AvgIpc) is 2.15. The monoisotopic (exact) mass is 125 g/mol. The van der Waals surface area contributed by atoms with Gasteiger partial charge in [-0.2, -0.15) is 9.47 Å². The van der Waals surface area contributed by atoms with Crippen LogP contribution in [0.15, 0.2) is 12.4 Å². The summed E-state index contributed by atoms with van der Waals surface area (Å²) in [5.41, 5.74) is 0. The highest BCUT2D eigenvalue weighted by Gasteiger charge is 1.92. The van der Waals surface area contributed by atoms with Crippen molar-refractivity contribution in [2.75, 3.05) is 0 Å². The molecule has 0 radical (unpaired) electrons.